The summed E-state index contributed by atoms with van der Waals surface area (Å²) in [6, 6.07) is -0.629. The molecule has 0 amide bonds. The first-order chi connectivity index (χ1) is 6.65. The second-order valence-corrected chi connectivity index (χ2v) is 3.08. The van der Waals surface area contributed by atoms with Crippen molar-refractivity contribution in [1.82, 2.24) is 14.8 Å². The van der Waals surface area contributed by atoms with Crippen LogP contribution < -0.4 is 11.4 Å². The van der Waals surface area contributed by atoms with Crippen LogP contribution in [0.3, 0.4) is 0 Å². The highest BCUT2D eigenvalue weighted by atomic mass is 35.5. The molecule has 0 unspecified atom stereocenters. The SMILES string of the molecule is N[C@@H](CCn1nc[nH]c1=O)C(=O)CCl. The number of nitrogens with zero attached hydrogens (tertiary/aromatic N) is 2. The van der Waals surface area contributed by atoms with Gasteiger partial charge >= 0.3 is 5.69 Å². The maximum absolute atomic E-state index is 11.0. The van der Waals surface area contributed by atoms with E-state index < -0.39 is 6.04 Å². The molecule has 0 saturated heterocycles. The van der Waals surface area contributed by atoms with E-state index in [2.05, 4.69) is 10.1 Å². The van der Waals surface area contributed by atoms with Gasteiger partial charge in [-0.3, -0.25) is 9.78 Å². The summed E-state index contributed by atoms with van der Waals surface area (Å²) in [5, 5.41) is 3.72. The van der Waals surface area contributed by atoms with Gasteiger partial charge in [-0.1, -0.05) is 0 Å². The summed E-state index contributed by atoms with van der Waals surface area (Å²) in [6.45, 7) is 0.312. The number of alkyl halides is 1. The summed E-state index contributed by atoms with van der Waals surface area (Å²) >= 11 is 5.32. The number of aromatic nitrogens is 3. The van der Waals surface area contributed by atoms with Gasteiger partial charge in [0, 0.05) is 6.54 Å². The summed E-state index contributed by atoms with van der Waals surface area (Å²) in [4.78, 5) is 24.3. The topological polar surface area (TPSA) is 93.8 Å². The molecular formula is C7H11ClN4O2. The third kappa shape index (κ3) is 2.68. The Morgan fingerprint density at radius 1 is 1.79 bits per heavy atom. The standard InChI is InChI=1S/C7H11ClN4O2/c8-3-6(13)5(9)1-2-12-7(14)10-4-11-12/h4-5H,1-3,9H2,(H,10,11,14)/t5-/m0/s1. The monoisotopic (exact) mass is 218 g/mol. The quantitative estimate of drug-likeness (QED) is 0.626. The van der Waals surface area contributed by atoms with Crippen molar-refractivity contribution < 1.29 is 4.79 Å². The van der Waals surface area contributed by atoms with Crippen molar-refractivity contribution in [3.05, 3.63) is 16.8 Å². The Kier molecular flexibility index (Phi) is 3.84. The van der Waals surface area contributed by atoms with Gasteiger partial charge in [0.1, 0.15) is 6.33 Å². The molecule has 1 rings (SSSR count). The summed E-state index contributed by atoms with van der Waals surface area (Å²) in [5.41, 5.74) is 5.20. The maximum Gasteiger partial charge on any atom is 0.343 e. The van der Waals surface area contributed by atoms with Crippen molar-refractivity contribution in [2.45, 2.75) is 19.0 Å². The summed E-state index contributed by atoms with van der Waals surface area (Å²) in [7, 11) is 0. The number of H-pyrrole nitrogens is 1. The molecule has 0 aliphatic heterocycles. The maximum atomic E-state index is 11.0. The molecule has 1 heterocycles. The van der Waals surface area contributed by atoms with Crippen LogP contribution in [-0.4, -0.2) is 32.5 Å². The molecule has 0 saturated carbocycles. The minimum Gasteiger partial charge on any atom is -0.321 e. The highest BCUT2D eigenvalue weighted by molar-refractivity contribution is 6.28. The molecular weight excluding hydrogens is 208 g/mol. The van der Waals surface area contributed by atoms with Crippen LogP contribution in [0.2, 0.25) is 0 Å². The van der Waals surface area contributed by atoms with Crippen LogP contribution in [-0.2, 0) is 11.3 Å². The molecule has 14 heavy (non-hydrogen) atoms. The average molecular weight is 219 g/mol. The lowest BCUT2D eigenvalue weighted by Crippen LogP contribution is -2.34. The number of ketones is 1. The fourth-order valence-electron chi connectivity index (χ4n) is 0.961. The number of aryl methyl sites for hydroxylation is 1. The first kappa shape index (κ1) is 10.9. The van der Waals surface area contributed by atoms with E-state index in [1.165, 1.54) is 11.0 Å². The van der Waals surface area contributed by atoms with Gasteiger partial charge in [-0.15, -0.1) is 11.6 Å². The van der Waals surface area contributed by atoms with Gasteiger partial charge in [0.2, 0.25) is 0 Å². The molecule has 0 aliphatic carbocycles. The van der Waals surface area contributed by atoms with Gasteiger partial charge in [0.15, 0.2) is 5.78 Å². The zero-order valence-electron chi connectivity index (χ0n) is 7.44. The lowest BCUT2D eigenvalue weighted by molar-refractivity contribution is -0.118. The number of Topliss-reactive ketones (excluding diaryl/α,β-unsaturated/α-hetero) is 1. The highest BCUT2D eigenvalue weighted by Gasteiger charge is 2.12. The van der Waals surface area contributed by atoms with E-state index in [0.29, 0.717) is 13.0 Å². The van der Waals surface area contributed by atoms with Crippen LogP contribution in [0.1, 0.15) is 6.42 Å². The van der Waals surface area contributed by atoms with Gasteiger partial charge in [0.25, 0.3) is 0 Å². The molecule has 78 valence electrons. The minimum atomic E-state index is -0.629. The zero-order valence-corrected chi connectivity index (χ0v) is 8.20. The minimum absolute atomic E-state index is 0.101. The van der Waals surface area contributed by atoms with Crippen LogP contribution in [0, 0.1) is 0 Å². The molecule has 0 spiro atoms. The molecule has 1 atom stereocenters. The molecule has 0 bridgehead atoms. The molecule has 1 aromatic heterocycles. The highest BCUT2D eigenvalue weighted by Crippen LogP contribution is 1.94. The number of carbonyl (C=O) groups is 1. The van der Waals surface area contributed by atoms with Gasteiger partial charge in [-0.25, -0.2) is 9.48 Å². The zero-order chi connectivity index (χ0) is 10.6. The molecule has 3 N–H and O–H groups in total. The van der Waals surface area contributed by atoms with Crippen molar-refractivity contribution in [1.29, 1.82) is 0 Å². The molecule has 1 aromatic rings. The fraction of sp³-hybridized carbons (Fsp3) is 0.571. The Bertz CT molecular complexity index is 359. The largest absolute Gasteiger partial charge is 0.343 e. The first-order valence-corrected chi connectivity index (χ1v) is 4.63. The van der Waals surface area contributed by atoms with Crippen LogP contribution in [0.25, 0.3) is 0 Å². The van der Waals surface area contributed by atoms with Crippen LogP contribution in [0.15, 0.2) is 11.1 Å². The van der Waals surface area contributed by atoms with Crippen molar-refractivity contribution in [3.63, 3.8) is 0 Å². The van der Waals surface area contributed by atoms with E-state index >= 15 is 0 Å². The smallest absolute Gasteiger partial charge is 0.321 e. The number of carbonyl (C=O) groups excluding carboxylic acids is 1. The van der Waals surface area contributed by atoms with Gasteiger partial charge in [-0.2, -0.15) is 5.10 Å². The molecule has 0 radical (unpaired) electrons. The predicted octanol–water partition coefficient (Wildman–Crippen LogP) is -0.903. The summed E-state index contributed by atoms with van der Waals surface area (Å²) in [5.74, 6) is -0.327. The average Bonchev–Trinajstić information content (AvgIpc) is 2.59. The third-order valence-electron chi connectivity index (χ3n) is 1.82. The number of hydrogen-bond acceptors (Lipinski definition) is 4. The van der Waals surface area contributed by atoms with Crippen molar-refractivity contribution >= 4 is 17.4 Å². The van der Waals surface area contributed by atoms with E-state index in [1.807, 2.05) is 0 Å². The van der Waals surface area contributed by atoms with Crippen LogP contribution in [0.5, 0.6) is 0 Å². The first-order valence-electron chi connectivity index (χ1n) is 4.10. The van der Waals surface area contributed by atoms with Gasteiger partial charge in [-0.05, 0) is 6.42 Å². The van der Waals surface area contributed by atoms with E-state index in [-0.39, 0.29) is 17.4 Å². The van der Waals surface area contributed by atoms with Crippen LogP contribution >= 0.6 is 11.6 Å². The normalized spacial score (nSPS) is 12.7. The Morgan fingerprint density at radius 2 is 2.50 bits per heavy atom. The van der Waals surface area contributed by atoms with E-state index in [0.717, 1.165) is 0 Å². The van der Waals surface area contributed by atoms with E-state index in [9.17, 15) is 9.59 Å². The number of nitrogens with two attached hydrogens (primary N) is 1. The number of halogens is 1. The molecule has 0 aliphatic rings. The number of nitrogens with one attached hydrogen (secondary N) is 1. The Hall–Kier alpha value is -1.14. The van der Waals surface area contributed by atoms with Crippen molar-refractivity contribution in [2.75, 3.05) is 5.88 Å². The Labute approximate surface area is 85.0 Å². The second kappa shape index (κ2) is 4.92. The van der Waals surface area contributed by atoms with E-state index in [1.54, 1.807) is 0 Å². The summed E-state index contributed by atoms with van der Waals surface area (Å²) in [6.07, 6.45) is 1.65. The lowest BCUT2D eigenvalue weighted by atomic mass is 10.1. The number of rotatable bonds is 5. The number of aromatic amines is 1. The van der Waals surface area contributed by atoms with E-state index in [4.69, 9.17) is 17.3 Å². The van der Waals surface area contributed by atoms with Gasteiger partial charge < -0.3 is 5.73 Å². The third-order valence-corrected chi connectivity index (χ3v) is 2.08. The molecule has 0 fully saturated rings. The Balaban J connectivity index is 2.45. The number of hydrogen-bond donors (Lipinski definition) is 2. The van der Waals surface area contributed by atoms with Crippen molar-refractivity contribution in [3.8, 4) is 0 Å². The van der Waals surface area contributed by atoms with Crippen molar-refractivity contribution in [2.24, 2.45) is 5.73 Å². The van der Waals surface area contributed by atoms with Gasteiger partial charge in [0.05, 0.1) is 11.9 Å². The van der Waals surface area contributed by atoms with Crippen LogP contribution in [0.4, 0.5) is 0 Å². The Morgan fingerprint density at radius 3 is 3.00 bits per heavy atom. The molecule has 7 heteroatoms. The molecule has 6 nitrogen and oxygen atoms in total. The second-order valence-electron chi connectivity index (χ2n) is 2.81. The molecule has 0 aromatic carbocycles. The lowest BCUT2D eigenvalue weighted by Gasteiger charge is -2.07. The summed E-state index contributed by atoms with van der Waals surface area (Å²) < 4.78 is 1.21. The predicted molar refractivity (Wildman–Crippen MR) is 51.2 cm³/mol. The fourth-order valence-corrected chi connectivity index (χ4v) is 1.16.